The zero-order valence-electron chi connectivity index (χ0n) is 11.9. The van der Waals surface area contributed by atoms with Gasteiger partial charge in [-0.05, 0) is 0 Å². The fourth-order valence-corrected chi connectivity index (χ4v) is 4.33. The first-order valence-corrected chi connectivity index (χ1v) is 7.90. The molecule has 2 rings (SSSR count). The van der Waals surface area contributed by atoms with Gasteiger partial charge in [0, 0.05) is 0 Å². The minimum Gasteiger partial charge on any atom is -0.418 e. The van der Waals surface area contributed by atoms with Crippen LogP contribution in [-0.2, 0) is 5.41 Å². The molecule has 0 aliphatic rings. The molecule has 1 heterocycles. The van der Waals surface area contributed by atoms with Gasteiger partial charge in [0.1, 0.15) is 0 Å². The molecule has 6 heteroatoms. The number of hydrogen-bond acceptors (Lipinski definition) is 0. The summed E-state index contributed by atoms with van der Waals surface area (Å²) in [6.07, 6.45) is 0. The summed E-state index contributed by atoms with van der Waals surface area (Å²) in [5.41, 5.74) is 1.73. The van der Waals surface area contributed by atoms with Gasteiger partial charge in [-0.15, -0.1) is 0 Å². The van der Waals surface area contributed by atoms with Crippen LogP contribution < -0.4 is 0 Å². The van der Waals surface area contributed by atoms with Crippen LogP contribution in [0, 0.1) is 6.92 Å². The summed E-state index contributed by atoms with van der Waals surface area (Å²) in [5.74, 6) is 0. The third-order valence-corrected chi connectivity index (χ3v) is 5.82. The van der Waals surface area contributed by atoms with Crippen LogP contribution in [-0.4, -0.2) is 21.8 Å². The van der Waals surface area contributed by atoms with Gasteiger partial charge in [0.15, 0.2) is 0 Å². The second-order valence-corrected chi connectivity index (χ2v) is 7.81. The zero-order valence-corrected chi connectivity index (χ0v) is 13.6. The molecule has 0 aliphatic carbocycles. The van der Waals surface area contributed by atoms with Crippen molar-refractivity contribution in [2.24, 2.45) is 0 Å². The zero-order chi connectivity index (χ0) is 15.6. The second-order valence-electron chi connectivity index (χ2n) is 5.53. The van der Waals surface area contributed by atoms with Crippen LogP contribution >= 0.6 is 0 Å². The minimum atomic E-state index is -6.00. The third-order valence-electron chi connectivity index (χ3n) is 2.62. The van der Waals surface area contributed by atoms with Crippen LogP contribution in [0.1, 0.15) is 30.8 Å². The molecule has 0 bridgehead atoms. The van der Waals surface area contributed by atoms with E-state index in [9.17, 15) is 17.3 Å². The predicted octanol–water partition coefficient (Wildman–Crippen LogP) is 5.08. The molecule has 0 atom stereocenters. The summed E-state index contributed by atoms with van der Waals surface area (Å²) >= 11 is 0.508. The number of benzene rings is 1. The van der Waals surface area contributed by atoms with Crippen molar-refractivity contribution in [1.29, 1.82) is 0 Å². The van der Waals surface area contributed by atoms with Gasteiger partial charge in [0.05, 0.1) is 0 Å². The van der Waals surface area contributed by atoms with Crippen molar-refractivity contribution in [2.45, 2.75) is 33.1 Å². The molecule has 110 valence electrons. The van der Waals surface area contributed by atoms with Crippen molar-refractivity contribution in [3.05, 3.63) is 40.3 Å². The number of hydrogen-bond donors (Lipinski definition) is 0. The molecule has 0 fully saturated rings. The molecular weight excluding hydrogens is 334 g/mol. The molecular formula is C14H17BF4Se. The number of rotatable bonds is 0. The first-order valence-electron chi connectivity index (χ1n) is 6.19. The second kappa shape index (κ2) is 6.27. The van der Waals surface area contributed by atoms with Crippen LogP contribution in [0.4, 0.5) is 17.3 Å². The average molecular weight is 351 g/mol. The molecule has 20 heavy (non-hydrogen) atoms. The van der Waals surface area contributed by atoms with Crippen molar-refractivity contribution in [3.8, 4) is 0 Å². The Morgan fingerprint density at radius 2 is 1.50 bits per heavy atom. The van der Waals surface area contributed by atoms with Gasteiger partial charge < -0.3 is 17.3 Å². The van der Waals surface area contributed by atoms with Gasteiger partial charge in [-0.1, -0.05) is 0 Å². The largest absolute Gasteiger partial charge is 0.673 e. The topological polar surface area (TPSA) is 0 Å². The van der Waals surface area contributed by atoms with E-state index in [2.05, 4.69) is 58.0 Å². The van der Waals surface area contributed by atoms with Crippen molar-refractivity contribution >= 4 is 31.4 Å². The fourth-order valence-electron chi connectivity index (χ4n) is 1.67. The molecule has 0 N–H and O–H groups in total. The summed E-state index contributed by atoms with van der Waals surface area (Å²) in [7, 11) is -6.00. The van der Waals surface area contributed by atoms with Gasteiger partial charge in [-0.2, -0.15) is 0 Å². The van der Waals surface area contributed by atoms with Gasteiger partial charge in [-0.25, -0.2) is 0 Å². The van der Waals surface area contributed by atoms with Crippen LogP contribution in [0.5, 0.6) is 0 Å². The Morgan fingerprint density at radius 1 is 1.00 bits per heavy atom. The summed E-state index contributed by atoms with van der Waals surface area (Å²) in [5, 5.41) is 1.45. The Balaban J connectivity index is 0.000000347. The van der Waals surface area contributed by atoms with Crippen LogP contribution in [0.2, 0.25) is 0 Å². The van der Waals surface area contributed by atoms with Gasteiger partial charge in [-0.3, -0.25) is 0 Å². The Hall–Kier alpha value is -0.866. The average Bonchev–Trinajstić information content (AvgIpc) is 2.25. The molecule has 0 spiro atoms. The van der Waals surface area contributed by atoms with Crippen LogP contribution in [0.3, 0.4) is 0 Å². The standard InChI is InChI=1S/C14H17Se.BF4/c1-10-9-13(14(2,3)4)15-12-8-6-5-7-11(10)12;2-1(3,4)5/h5-9H,1-4H3;/q+1;-1. The molecule has 1 aromatic carbocycles. The van der Waals surface area contributed by atoms with Gasteiger partial charge >= 0.3 is 105 Å². The summed E-state index contributed by atoms with van der Waals surface area (Å²) < 4.78 is 42.1. The Bertz CT molecular complexity index is 582. The molecule has 0 aliphatic heterocycles. The Labute approximate surface area is 122 Å². The van der Waals surface area contributed by atoms with E-state index < -0.39 is 7.25 Å². The number of halogens is 4. The fraction of sp³-hybridized carbons (Fsp3) is 0.357. The van der Waals surface area contributed by atoms with Crippen molar-refractivity contribution < 1.29 is 17.3 Å². The summed E-state index contributed by atoms with van der Waals surface area (Å²) in [6.45, 7) is 9.14. The molecule has 0 saturated carbocycles. The van der Waals surface area contributed by atoms with Crippen LogP contribution in [0.15, 0.2) is 30.3 Å². The normalized spacial score (nSPS) is 12.0. The number of fused-ring (bicyclic) bond motifs is 1. The maximum atomic E-state index is 9.75. The van der Waals surface area contributed by atoms with Gasteiger partial charge in [0.2, 0.25) is 0 Å². The maximum Gasteiger partial charge on any atom is 0.673 e. The Kier molecular flexibility index (Phi) is 5.39. The molecule has 0 nitrogen and oxygen atoms in total. The van der Waals surface area contributed by atoms with E-state index in [1.165, 1.54) is 15.2 Å². The predicted molar refractivity (Wildman–Crippen MR) is 78.9 cm³/mol. The van der Waals surface area contributed by atoms with E-state index in [0.29, 0.717) is 19.9 Å². The van der Waals surface area contributed by atoms with Crippen LogP contribution in [0.25, 0.3) is 9.65 Å². The first kappa shape index (κ1) is 17.2. The molecule has 0 saturated heterocycles. The monoisotopic (exact) mass is 352 g/mol. The molecule has 0 unspecified atom stereocenters. The van der Waals surface area contributed by atoms with E-state index >= 15 is 0 Å². The van der Waals surface area contributed by atoms with Crippen molar-refractivity contribution in [2.75, 3.05) is 0 Å². The Morgan fingerprint density at radius 3 is 2.00 bits per heavy atom. The van der Waals surface area contributed by atoms with E-state index in [1.54, 1.807) is 4.44 Å². The summed E-state index contributed by atoms with van der Waals surface area (Å²) in [6, 6.07) is 11.2. The van der Waals surface area contributed by atoms with E-state index in [1.807, 2.05) is 0 Å². The van der Waals surface area contributed by atoms with Gasteiger partial charge in [0.25, 0.3) is 0 Å². The molecule has 2 aromatic rings. The summed E-state index contributed by atoms with van der Waals surface area (Å²) in [4.78, 5) is 0. The smallest absolute Gasteiger partial charge is 0.418 e. The number of aryl methyl sites for hydroxylation is 1. The molecule has 0 amide bonds. The van der Waals surface area contributed by atoms with Crippen molar-refractivity contribution in [1.82, 2.24) is 0 Å². The molecule has 0 radical (unpaired) electrons. The van der Waals surface area contributed by atoms with Crippen molar-refractivity contribution in [3.63, 3.8) is 0 Å². The van der Waals surface area contributed by atoms with E-state index in [-0.39, 0.29) is 0 Å². The minimum absolute atomic E-state index is 0.314. The maximum absolute atomic E-state index is 9.75. The molecule has 1 aromatic heterocycles. The van der Waals surface area contributed by atoms with E-state index in [0.717, 1.165) is 0 Å². The quantitative estimate of drug-likeness (QED) is 0.459. The first-order chi connectivity index (χ1) is 8.98. The van der Waals surface area contributed by atoms with E-state index in [4.69, 9.17) is 0 Å². The third kappa shape index (κ3) is 5.64. The SMILES string of the molecule is Cc1cc(C(C)(C)C)[se+]c2ccccc12.F[B-](F)(F)F.